The summed E-state index contributed by atoms with van der Waals surface area (Å²) in [6.45, 7) is 6.40. The number of fused-ring (bicyclic) bond motifs is 1. The van der Waals surface area contributed by atoms with Gasteiger partial charge in [-0.05, 0) is 56.5 Å². The average molecular weight is 440 g/mol. The molecule has 1 unspecified atom stereocenters. The van der Waals surface area contributed by atoms with Crippen molar-refractivity contribution < 1.29 is 14.3 Å². The SMILES string of the molecule is Cc1ccc(C)n1-c1nnc(N2CCCC(C(=O)NCc3ccc4c(c3)OCO4)C2)s1. The summed E-state index contributed by atoms with van der Waals surface area (Å²) >= 11 is 1.57. The van der Waals surface area contributed by atoms with Crippen molar-refractivity contribution in [3.05, 3.63) is 47.3 Å². The molecule has 0 saturated carbocycles. The summed E-state index contributed by atoms with van der Waals surface area (Å²) in [5.41, 5.74) is 3.27. The lowest BCUT2D eigenvalue weighted by Gasteiger charge is -2.31. The molecule has 3 aromatic rings. The Balaban J connectivity index is 1.22. The van der Waals surface area contributed by atoms with E-state index in [4.69, 9.17) is 9.47 Å². The second-order valence-electron chi connectivity index (χ2n) is 8.01. The summed E-state index contributed by atoms with van der Waals surface area (Å²) in [5.74, 6) is 1.49. The van der Waals surface area contributed by atoms with Crippen molar-refractivity contribution in [1.29, 1.82) is 0 Å². The van der Waals surface area contributed by atoms with Gasteiger partial charge < -0.3 is 19.7 Å². The Morgan fingerprint density at radius 2 is 1.90 bits per heavy atom. The van der Waals surface area contributed by atoms with E-state index in [1.54, 1.807) is 11.3 Å². The zero-order valence-corrected chi connectivity index (χ0v) is 18.4. The Hall–Kier alpha value is -3.07. The quantitative estimate of drug-likeness (QED) is 0.658. The van der Waals surface area contributed by atoms with Crippen LogP contribution in [0.2, 0.25) is 0 Å². The van der Waals surface area contributed by atoms with E-state index in [1.807, 2.05) is 18.2 Å². The maximum Gasteiger partial charge on any atom is 0.231 e. The molecule has 2 aliphatic rings. The zero-order valence-electron chi connectivity index (χ0n) is 17.6. The normalized spacial score (nSPS) is 17.7. The van der Waals surface area contributed by atoms with Crippen LogP contribution in [-0.4, -0.2) is 40.6 Å². The largest absolute Gasteiger partial charge is 0.454 e. The van der Waals surface area contributed by atoms with Gasteiger partial charge in [-0.25, -0.2) is 0 Å². The highest BCUT2D eigenvalue weighted by molar-refractivity contribution is 7.17. The molecule has 162 valence electrons. The van der Waals surface area contributed by atoms with E-state index in [0.717, 1.165) is 58.1 Å². The molecule has 1 aromatic carbocycles. The number of ether oxygens (including phenoxy) is 2. The van der Waals surface area contributed by atoms with Crippen LogP contribution in [0.25, 0.3) is 5.13 Å². The molecule has 1 N–H and O–H groups in total. The molecule has 0 bridgehead atoms. The minimum absolute atomic E-state index is 0.0647. The number of nitrogens with zero attached hydrogens (tertiary/aromatic N) is 4. The number of piperidine rings is 1. The van der Waals surface area contributed by atoms with Crippen LogP contribution in [0.4, 0.5) is 5.13 Å². The van der Waals surface area contributed by atoms with E-state index in [-0.39, 0.29) is 18.6 Å². The number of rotatable bonds is 5. The molecule has 0 spiro atoms. The van der Waals surface area contributed by atoms with E-state index in [0.29, 0.717) is 13.1 Å². The third kappa shape index (κ3) is 3.97. The first-order valence-corrected chi connectivity index (χ1v) is 11.3. The van der Waals surface area contributed by atoms with Crippen LogP contribution in [0.3, 0.4) is 0 Å². The number of carbonyl (C=O) groups is 1. The number of carbonyl (C=O) groups excluding carboxylic acids is 1. The average Bonchev–Trinajstić information content (AvgIpc) is 3.52. The second-order valence-corrected chi connectivity index (χ2v) is 8.94. The van der Waals surface area contributed by atoms with Crippen LogP contribution in [0.5, 0.6) is 11.5 Å². The van der Waals surface area contributed by atoms with Crippen molar-refractivity contribution >= 4 is 22.4 Å². The van der Waals surface area contributed by atoms with E-state index in [1.165, 1.54) is 0 Å². The third-order valence-electron chi connectivity index (χ3n) is 5.83. The molecule has 1 saturated heterocycles. The molecular weight excluding hydrogens is 414 g/mol. The predicted octanol–water partition coefficient (Wildman–Crippen LogP) is 3.21. The summed E-state index contributed by atoms with van der Waals surface area (Å²) in [7, 11) is 0. The monoisotopic (exact) mass is 439 g/mol. The first-order chi connectivity index (χ1) is 15.1. The number of hydrogen-bond acceptors (Lipinski definition) is 7. The van der Waals surface area contributed by atoms with Crippen LogP contribution in [0.15, 0.2) is 30.3 Å². The Labute approximate surface area is 184 Å². The maximum atomic E-state index is 12.8. The van der Waals surface area contributed by atoms with Crippen LogP contribution in [0.1, 0.15) is 29.8 Å². The second kappa shape index (κ2) is 8.22. The van der Waals surface area contributed by atoms with Gasteiger partial charge in [-0.15, -0.1) is 10.2 Å². The van der Waals surface area contributed by atoms with Crippen molar-refractivity contribution in [2.45, 2.75) is 33.2 Å². The van der Waals surface area contributed by atoms with Crippen molar-refractivity contribution in [3.8, 4) is 16.6 Å². The van der Waals surface area contributed by atoms with Gasteiger partial charge >= 0.3 is 0 Å². The van der Waals surface area contributed by atoms with Crippen molar-refractivity contribution in [3.63, 3.8) is 0 Å². The molecule has 1 atom stereocenters. The molecule has 2 aromatic heterocycles. The van der Waals surface area contributed by atoms with Gasteiger partial charge in [-0.3, -0.25) is 9.36 Å². The number of anilines is 1. The van der Waals surface area contributed by atoms with Crippen LogP contribution in [0, 0.1) is 19.8 Å². The van der Waals surface area contributed by atoms with Gasteiger partial charge in [0.25, 0.3) is 0 Å². The van der Waals surface area contributed by atoms with Gasteiger partial charge in [0, 0.05) is 31.0 Å². The molecule has 1 fully saturated rings. The molecule has 9 heteroatoms. The topological polar surface area (TPSA) is 81.5 Å². The first kappa shape index (κ1) is 19.9. The van der Waals surface area contributed by atoms with Gasteiger partial charge in [0.15, 0.2) is 11.5 Å². The van der Waals surface area contributed by atoms with Gasteiger partial charge in [-0.1, -0.05) is 17.4 Å². The number of amides is 1. The molecule has 1 amide bonds. The maximum absolute atomic E-state index is 12.8. The Morgan fingerprint density at radius 1 is 1.13 bits per heavy atom. The van der Waals surface area contributed by atoms with Crippen molar-refractivity contribution in [2.75, 3.05) is 24.8 Å². The molecule has 0 radical (unpaired) electrons. The molecule has 0 aliphatic carbocycles. The summed E-state index contributed by atoms with van der Waals surface area (Å²) in [5, 5.41) is 13.6. The van der Waals surface area contributed by atoms with E-state index in [9.17, 15) is 4.79 Å². The summed E-state index contributed by atoms with van der Waals surface area (Å²) in [4.78, 5) is 15.0. The van der Waals surface area contributed by atoms with Gasteiger partial charge in [0.2, 0.25) is 23.0 Å². The van der Waals surface area contributed by atoms with Crippen LogP contribution >= 0.6 is 11.3 Å². The lowest BCUT2D eigenvalue weighted by molar-refractivity contribution is -0.125. The molecule has 5 rings (SSSR count). The van der Waals surface area contributed by atoms with E-state index >= 15 is 0 Å². The Bertz CT molecular complexity index is 1090. The molecular formula is C22H25N5O3S. The summed E-state index contributed by atoms with van der Waals surface area (Å²) in [6, 6.07) is 9.92. The van der Waals surface area contributed by atoms with Crippen LogP contribution < -0.4 is 19.7 Å². The van der Waals surface area contributed by atoms with Crippen molar-refractivity contribution in [1.82, 2.24) is 20.1 Å². The Kier molecular flexibility index (Phi) is 5.27. The lowest BCUT2D eigenvalue weighted by Crippen LogP contribution is -2.43. The highest BCUT2D eigenvalue weighted by Crippen LogP contribution is 2.33. The van der Waals surface area contributed by atoms with Crippen molar-refractivity contribution in [2.24, 2.45) is 5.92 Å². The third-order valence-corrected chi connectivity index (χ3v) is 6.80. The number of nitrogens with one attached hydrogen (secondary N) is 1. The Morgan fingerprint density at radius 3 is 2.74 bits per heavy atom. The fraction of sp³-hybridized carbons (Fsp3) is 0.409. The minimum atomic E-state index is -0.0647. The predicted molar refractivity (Wildman–Crippen MR) is 118 cm³/mol. The van der Waals surface area contributed by atoms with Gasteiger partial charge in [-0.2, -0.15) is 0 Å². The molecule has 2 aliphatic heterocycles. The zero-order chi connectivity index (χ0) is 21.4. The molecule has 4 heterocycles. The summed E-state index contributed by atoms with van der Waals surface area (Å²) in [6.07, 6.45) is 1.84. The minimum Gasteiger partial charge on any atom is -0.454 e. The van der Waals surface area contributed by atoms with Crippen LogP contribution in [-0.2, 0) is 11.3 Å². The standard InChI is InChI=1S/C22H25N5O3S/c1-14-5-6-15(2)27(14)22-25-24-21(31-22)26-9-3-4-17(12-26)20(28)23-11-16-7-8-18-19(10-16)30-13-29-18/h5-8,10,17H,3-4,9,11-13H2,1-2H3,(H,23,28). The number of benzene rings is 1. The van der Waals surface area contributed by atoms with E-state index < -0.39 is 0 Å². The fourth-order valence-electron chi connectivity index (χ4n) is 4.15. The molecule has 31 heavy (non-hydrogen) atoms. The van der Waals surface area contributed by atoms with Gasteiger partial charge in [0.05, 0.1) is 5.92 Å². The van der Waals surface area contributed by atoms with E-state index in [2.05, 4.69) is 51.0 Å². The molecule has 8 nitrogen and oxygen atoms in total. The fourth-order valence-corrected chi connectivity index (χ4v) is 5.15. The number of hydrogen-bond donors (Lipinski definition) is 1. The van der Waals surface area contributed by atoms with Gasteiger partial charge in [0.1, 0.15) is 0 Å². The lowest BCUT2D eigenvalue weighted by atomic mass is 9.97. The highest BCUT2D eigenvalue weighted by Gasteiger charge is 2.28. The number of aryl methyl sites for hydroxylation is 2. The smallest absolute Gasteiger partial charge is 0.231 e. The first-order valence-electron chi connectivity index (χ1n) is 10.5. The number of aromatic nitrogens is 3. The highest BCUT2D eigenvalue weighted by atomic mass is 32.1. The summed E-state index contributed by atoms with van der Waals surface area (Å²) < 4.78 is 12.9.